The van der Waals surface area contributed by atoms with E-state index >= 15 is 0 Å². The number of halogens is 2. The molecule has 2 heterocycles. The number of aromatic nitrogens is 2. The third-order valence-electron chi connectivity index (χ3n) is 5.50. The lowest BCUT2D eigenvalue weighted by atomic mass is 9.95. The van der Waals surface area contributed by atoms with Gasteiger partial charge in [0, 0.05) is 43.7 Å². The van der Waals surface area contributed by atoms with Crippen molar-refractivity contribution >= 4 is 30.7 Å². The third kappa shape index (κ3) is 4.84. The molecule has 2 aromatic rings. The molecule has 0 saturated carbocycles. The fraction of sp³-hybridized carbons (Fsp3) is 0.500. The van der Waals surface area contributed by atoms with Crippen molar-refractivity contribution in [3.8, 4) is 0 Å². The molecule has 0 radical (unpaired) electrons. The molecule has 27 heavy (non-hydrogen) atoms. The number of carbonyl (C=O) groups excluding carboxylic acids is 1. The summed E-state index contributed by atoms with van der Waals surface area (Å²) in [4.78, 5) is 14.9. The molecular weight excluding hydrogens is 383 g/mol. The van der Waals surface area contributed by atoms with E-state index in [1.807, 2.05) is 48.7 Å². The zero-order chi connectivity index (χ0) is 18.1. The molecule has 1 unspecified atom stereocenters. The first-order valence-corrected chi connectivity index (χ1v) is 8.96. The first-order chi connectivity index (χ1) is 11.9. The quantitative estimate of drug-likeness (QED) is 0.838. The first-order valence-electron chi connectivity index (χ1n) is 8.96. The topological polar surface area (TPSA) is 64.2 Å². The highest BCUT2D eigenvalue weighted by Crippen LogP contribution is 2.28. The van der Waals surface area contributed by atoms with Crippen LogP contribution in [0.4, 0.5) is 0 Å². The van der Waals surface area contributed by atoms with Gasteiger partial charge in [-0.05, 0) is 31.4 Å². The Kier molecular flexibility index (Phi) is 8.33. The highest BCUT2D eigenvalue weighted by molar-refractivity contribution is 5.85. The van der Waals surface area contributed by atoms with E-state index in [-0.39, 0.29) is 48.6 Å². The Morgan fingerprint density at radius 2 is 1.85 bits per heavy atom. The van der Waals surface area contributed by atoms with Gasteiger partial charge in [-0.3, -0.25) is 9.48 Å². The van der Waals surface area contributed by atoms with Crippen LogP contribution in [0, 0.1) is 19.8 Å². The van der Waals surface area contributed by atoms with E-state index in [1.54, 1.807) is 0 Å². The molecule has 1 amide bonds. The lowest BCUT2D eigenvalue weighted by molar-refractivity contribution is -0.133. The van der Waals surface area contributed by atoms with Crippen molar-refractivity contribution in [2.75, 3.05) is 13.1 Å². The lowest BCUT2D eigenvalue weighted by Crippen LogP contribution is -2.36. The van der Waals surface area contributed by atoms with Crippen molar-refractivity contribution in [1.82, 2.24) is 14.7 Å². The van der Waals surface area contributed by atoms with Gasteiger partial charge < -0.3 is 10.6 Å². The summed E-state index contributed by atoms with van der Waals surface area (Å²) in [6, 6.07) is 10.3. The Morgan fingerprint density at radius 3 is 2.41 bits per heavy atom. The molecule has 1 aliphatic heterocycles. The molecule has 1 aliphatic rings. The van der Waals surface area contributed by atoms with Crippen molar-refractivity contribution in [2.24, 2.45) is 18.7 Å². The summed E-state index contributed by atoms with van der Waals surface area (Å²) >= 11 is 0. The molecule has 0 bridgehead atoms. The number of nitrogens with two attached hydrogens (primary N) is 1. The summed E-state index contributed by atoms with van der Waals surface area (Å²) in [7, 11) is 1.95. The summed E-state index contributed by atoms with van der Waals surface area (Å²) in [5.74, 6) is 0.346. The van der Waals surface area contributed by atoms with Gasteiger partial charge in [-0.15, -0.1) is 24.8 Å². The van der Waals surface area contributed by atoms with Crippen LogP contribution in [0.2, 0.25) is 0 Å². The molecule has 150 valence electrons. The fourth-order valence-corrected chi connectivity index (χ4v) is 3.88. The van der Waals surface area contributed by atoms with Gasteiger partial charge in [-0.25, -0.2) is 0 Å². The summed E-state index contributed by atoms with van der Waals surface area (Å²) in [5.41, 5.74) is 10.9. The maximum absolute atomic E-state index is 12.9. The zero-order valence-electron chi connectivity index (χ0n) is 16.4. The average Bonchev–Trinajstić information content (AvgIpc) is 3.10. The van der Waals surface area contributed by atoms with Crippen LogP contribution < -0.4 is 5.73 Å². The molecule has 0 aliphatic carbocycles. The van der Waals surface area contributed by atoms with Gasteiger partial charge in [0.1, 0.15) is 0 Å². The Labute approximate surface area is 174 Å². The number of carbonyl (C=O) groups is 1. The van der Waals surface area contributed by atoms with Crippen LogP contribution in [0.3, 0.4) is 0 Å². The summed E-state index contributed by atoms with van der Waals surface area (Å²) < 4.78 is 1.89. The van der Waals surface area contributed by atoms with E-state index in [4.69, 9.17) is 5.73 Å². The summed E-state index contributed by atoms with van der Waals surface area (Å²) in [5, 5.41) is 4.46. The van der Waals surface area contributed by atoms with Gasteiger partial charge in [0.25, 0.3) is 0 Å². The second-order valence-corrected chi connectivity index (χ2v) is 7.30. The summed E-state index contributed by atoms with van der Waals surface area (Å²) in [6.45, 7) is 7.42. The van der Waals surface area contributed by atoms with Crippen LogP contribution in [0.5, 0.6) is 0 Å². The van der Waals surface area contributed by atoms with Crippen LogP contribution in [-0.2, 0) is 18.3 Å². The number of amides is 1. The maximum Gasteiger partial charge on any atom is 0.225 e. The molecule has 1 aromatic carbocycles. The van der Waals surface area contributed by atoms with Crippen molar-refractivity contribution in [3.05, 3.63) is 52.8 Å². The smallest absolute Gasteiger partial charge is 0.225 e. The Bertz CT molecular complexity index is 763. The molecule has 3 atom stereocenters. The van der Waals surface area contributed by atoms with Crippen LogP contribution in [0.15, 0.2) is 30.3 Å². The second-order valence-electron chi connectivity index (χ2n) is 7.30. The third-order valence-corrected chi connectivity index (χ3v) is 5.50. The van der Waals surface area contributed by atoms with E-state index in [0.29, 0.717) is 13.1 Å². The van der Waals surface area contributed by atoms with Gasteiger partial charge in [0.15, 0.2) is 0 Å². The number of hydrogen-bond donors (Lipinski definition) is 1. The SMILES string of the molecule is Cc1nn(C)c(C)c1CC(C)C(=O)N1C[C@@H](N)[C@H](c2ccccc2)C1.Cl.Cl. The Morgan fingerprint density at radius 1 is 1.22 bits per heavy atom. The number of hydrogen-bond acceptors (Lipinski definition) is 3. The molecule has 1 aromatic heterocycles. The predicted molar refractivity (Wildman–Crippen MR) is 114 cm³/mol. The van der Waals surface area contributed by atoms with E-state index < -0.39 is 0 Å². The van der Waals surface area contributed by atoms with E-state index in [2.05, 4.69) is 24.2 Å². The predicted octanol–water partition coefficient (Wildman–Crippen LogP) is 3.01. The summed E-state index contributed by atoms with van der Waals surface area (Å²) in [6.07, 6.45) is 0.728. The van der Waals surface area contributed by atoms with Crippen LogP contribution in [0.25, 0.3) is 0 Å². The lowest BCUT2D eigenvalue weighted by Gasteiger charge is -2.21. The molecule has 5 nitrogen and oxygen atoms in total. The minimum Gasteiger partial charge on any atom is -0.340 e. The maximum atomic E-state index is 12.9. The average molecular weight is 413 g/mol. The second kappa shape index (κ2) is 9.58. The Balaban J connectivity index is 0.00000182. The van der Waals surface area contributed by atoms with E-state index in [9.17, 15) is 4.79 Å². The largest absolute Gasteiger partial charge is 0.340 e. The molecule has 3 rings (SSSR count). The van der Waals surface area contributed by atoms with Crippen molar-refractivity contribution in [2.45, 2.75) is 39.2 Å². The molecule has 0 spiro atoms. The van der Waals surface area contributed by atoms with Crippen LogP contribution in [0.1, 0.15) is 35.4 Å². The highest BCUT2D eigenvalue weighted by Gasteiger charge is 2.35. The molecule has 1 saturated heterocycles. The first kappa shape index (κ1) is 23.5. The van der Waals surface area contributed by atoms with Crippen molar-refractivity contribution in [3.63, 3.8) is 0 Å². The van der Waals surface area contributed by atoms with E-state index in [1.165, 1.54) is 11.1 Å². The molecule has 1 fully saturated rings. The van der Waals surface area contributed by atoms with Crippen molar-refractivity contribution < 1.29 is 4.79 Å². The van der Waals surface area contributed by atoms with E-state index in [0.717, 1.165) is 17.8 Å². The van der Waals surface area contributed by atoms with Gasteiger partial charge >= 0.3 is 0 Å². The zero-order valence-corrected chi connectivity index (χ0v) is 18.0. The van der Waals surface area contributed by atoms with Crippen molar-refractivity contribution in [1.29, 1.82) is 0 Å². The standard InChI is InChI=1S/C20H28N4O.2ClH/c1-13(10-17-14(2)22-23(4)15(17)3)20(25)24-11-18(19(21)12-24)16-8-6-5-7-9-16;;/h5-9,13,18-19H,10-12,21H2,1-4H3;2*1H/t13?,18-,19+;;/m0../s1. The van der Waals surface area contributed by atoms with Gasteiger partial charge in [-0.2, -0.15) is 5.10 Å². The molecule has 7 heteroatoms. The van der Waals surface area contributed by atoms with Gasteiger partial charge in [0.2, 0.25) is 5.91 Å². The van der Waals surface area contributed by atoms with Crippen LogP contribution >= 0.6 is 24.8 Å². The van der Waals surface area contributed by atoms with Gasteiger partial charge in [0.05, 0.1) is 5.69 Å². The highest BCUT2D eigenvalue weighted by atomic mass is 35.5. The number of nitrogens with zero attached hydrogens (tertiary/aromatic N) is 3. The molecule has 2 N–H and O–H groups in total. The minimum absolute atomic E-state index is 0. The monoisotopic (exact) mass is 412 g/mol. The molecular formula is C20H30Cl2N4O. The normalized spacial score (nSPS) is 20.0. The number of rotatable bonds is 4. The van der Waals surface area contributed by atoms with Crippen LogP contribution in [-0.4, -0.2) is 39.7 Å². The Hall–Kier alpha value is -1.56. The minimum atomic E-state index is -0.0664. The van der Waals surface area contributed by atoms with Gasteiger partial charge in [-0.1, -0.05) is 37.3 Å². The number of benzene rings is 1. The fourth-order valence-electron chi connectivity index (χ4n) is 3.88. The number of likely N-dealkylation sites (tertiary alicyclic amines) is 1. The number of aryl methyl sites for hydroxylation is 2.